The summed E-state index contributed by atoms with van der Waals surface area (Å²) in [5.74, 6) is -0.0781. The van der Waals surface area contributed by atoms with Gasteiger partial charge in [0.2, 0.25) is 0 Å². The maximum atomic E-state index is 11.3. The molecule has 2 unspecified atom stereocenters. The molecule has 4 nitrogen and oxygen atoms in total. The highest BCUT2D eigenvalue weighted by Gasteiger charge is 2.56. The smallest absolute Gasteiger partial charge is 0.305 e. The molecule has 2 saturated carbocycles. The molecule has 0 aromatic rings. The first kappa shape index (κ1) is 15.8. The van der Waals surface area contributed by atoms with Crippen LogP contribution in [0.15, 0.2) is 0 Å². The minimum atomic E-state index is -0.0781. The third-order valence-corrected chi connectivity index (χ3v) is 4.94. The molecule has 0 saturated heterocycles. The van der Waals surface area contributed by atoms with E-state index in [1.807, 2.05) is 6.92 Å². The van der Waals surface area contributed by atoms with Crippen LogP contribution >= 0.6 is 0 Å². The van der Waals surface area contributed by atoms with Crippen molar-refractivity contribution in [3.05, 3.63) is 0 Å². The minimum Gasteiger partial charge on any atom is -0.466 e. The zero-order valence-corrected chi connectivity index (χ0v) is 13.0. The number of nitrogens with one attached hydrogen (secondary N) is 1. The number of hydrogen-bond donors (Lipinski definition) is 1. The van der Waals surface area contributed by atoms with Crippen molar-refractivity contribution < 1.29 is 14.3 Å². The number of rotatable bonds is 8. The van der Waals surface area contributed by atoms with Gasteiger partial charge >= 0.3 is 5.97 Å². The molecule has 4 heteroatoms. The van der Waals surface area contributed by atoms with E-state index in [9.17, 15) is 4.79 Å². The topological polar surface area (TPSA) is 47.6 Å². The lowest BCUT2D eigenvalue weighted by molar-refractivity contribution is -0.143. The van der Waals surface area contributed by atoms with Crippen molar-refractivity contribution in [2.75, 3.05) is 19.8 Å². The van der Waals surface area contributed by atoms with Gasteiger partial charge in [0, 0.05) is 24.5 Å². The summed E-state index contributed by atoms with van der Waals surface area (Å²) in [6, 6.07) is 0.587. The van der Waals surface area contributed by atoms with Crippen molar-refractivity contribution in [3.63, 3.8) is 0 Å². The molecule has 0 amide bonds. The molecular formula is C16H29NO3. The van der Waals surface area contributed by atoms with Crippen molar-refractivity contribution in [2.45, 2.75) is 70.9 Å². The van der Waals surface area contributed by atoms with Crippen molar-refractivity contribution in [3.8, 4) is 0 Å². The van der Waals surface area contributed by atoms with Crippen LogP contribution < -0.4 is 5.32 Å². The third kappa shape index (κ3) is 3.34. The molecule has 2 atom stereocenters. The standard InChI is InChI=1S/C16H29NO3/c1-3-19-14-12-13(16(14)9-5-6-10-16)17-11-7-8-15(18)20-4-2/h13-14,17H,3-12H2,1-2H3. The van der Waals surface area contributed by atoms with Crippen molar-refractivity contribution >= 4 is 5.97 Å². The van der Waals surface area contributed by atoms with Gasteiger partial charge in [0.1, 0.15) is 0 Å². The Hall–Kier alpha value is -0.610. The largest absolute Gasteiger partial charge is 0.466 e. The van der Waals surface area contributed by atoms with E-state index in [2.05, 4.69) is 12.2 Å². The Balaban J connectivity index is 1.70. The van der Waals surface area contributed by atoms with Crippen LogP contribution in [0.1, 0.15) is 58.8 Å². The molecule has 0 radical (unpaired) electrons. The molecule has 0 aromatic heterocycles. The molecule has 0 aromatic carbocycles. The predicted molar refractivity (Wildman–Crippen MR) is 78.6 cm³/mol. The van der Waals surface area contributed by atoms with Crippen LogP contribution in [-0.4, -0.2) is 37.9 Å². The zero-order chi connectivity index (χ0) is 14.4. The van der Waals surface area contributed by atoms with Gasteiger partial charge in [-0.2, -0.15) is 0 Å². The van der Waals surface area contributed by atoms with Crippen LogP contribution in [-0.2, 0) is 14.3 Å². The summed E-state index contributed by atoms with van der Waals surface area (Å²) in [4.78, 5) is 11.3. The van der Waals surface area contributed by atoms with Gasteiger partial charge in [-0.15, -0.1) is 0 Å². The van der Waals surface area contributed by atoms with Gasteiger partial charge in [-0.05, 0) is 46.1 Å². The van der Waals surface area contributed by atoms with Gasteiger partial charge in [-0.1, -0.05) is 12.8 Å². The summed E-state index contributed by atoms with van der Waals surface area (Å²) in [6.07, 6.45) is 8.25. The first-order valence-electron chi connectivity index (χ1n) is 8.23. The molecule has 2 aliphatic carbocycles. The average Bonchev–Trinajstić information content (AvgIpc) is 2.93. The molecule has 2 rings (SSSR count). The molecule has 0 bridgehead atoms. The van der Waals surface area contributed by atoms with Gasteiger partial charge in [0.15, 0.2) is 0 Å². The SMILES string of the molecule is CCOC(=O)CCCNC1CC(OCC)C12CCCC2. The zero-order valence-electron chi connectivity index (χ0n) is 13.0. The van der Waals surface area contributed by atoms with Gasteiger partial charge in [0.05, 0.1) is 12.7 Å². The Labute approximate surface area is 122 Å². The van der Waals surface area contributed by atoms with E-state index in [1.54, 1.807) is 0 Å². The number of ether oxygens (including phenoxy) is 2. The molecule has 20 heavy (non-hydrogen) atoms. The number of esters is 1. The lowest BCUT2D eigenvalue weighted by Gasteiger charge is -2.54. The van der Waals surface area contributed by atoms with Crippen LogP contribution in [0.4, 0.5) is 0 Å². The molecule has 2 fully saturated rings. The van der Waals surface area contributed by atoms with Crippen molar-refractivity contribution in [1.29, 1.82) is 0 Å². The second-order valence-electron chi connectivity index (χ2n) is 6.04. The molecule has 1 spiro atoms. The number of carbonyl (C=O) groups excluding carboxylic acids is 1. The van der Waals surface area contributed by atoms with Crippen molar-refractivity contribution in [2.24, 2.45) is 5.41 Å². The average molecular weight is 283 g/mol. The Kier molecular flexibility index (Phi) is 5.85. The molecule has 0 aliphatic heterocycles. The highest BCUT2D eigenvalue weighted by molar-refractivity contribution is 5.69. The summed E-state index contributed by atoms with van der Waals surface area (Å²) in [5.41, 5.74) is 0.389. The van der Waals surface area contributed by atoms with Crippen LogP contribution in [0.3, 0.4) is 0 Å². The fourth-order valence-corrected chi connectivity index (χ4v) is 3.92. The quantitative estimate of drug-likeness (QED) is 0.549. The molecular weight excluding hydrogens is 254 g/mol. The Bertz CT molecular complexity index is 313. The monoisotopic (exact) mass is 283 g/mol. The van der Waals surface area contributed by atoms with Crippen LogP contribution in [0.5, 0.6) is 0 Å². The minimum absolute atomic E-state index is 0.0781. The van der Waals surface area contributed by atoms with E-state index >= 15 is 0 Å². The second kappa shape index (κ2) is 7.41. The summed E-state index contributed by atoms with van der Waals surface area (Å²) >= 11 is 0. The summed E-state index contributed by atoms with van der Waals surface area (Å²) < 4.78 is 10.9. The lowest BCUT2D eigenvalue weighted by Crippen LogP contribution is -2.62. The fourth-order valence-electron chi connectivity index (χ4n) is 3.92. The van der Waals surface area contributed by atoms with Gasteiger partial charge < -0.3 is 14.8 Å². The summed E-state index contributed by atoms with van der Waals surface area (Å²) in [6.45, 7) is 6.14. The van der Waals surface area contributed by atoms with Gasteiger partial charge in [0.25, 0.3) is 0 Å². The van der Waals surface area contributed by atoms with Crippen molar-refractivity contribution in [1.82, 2.24) is 5.32 Å². The molecule has 1 N–H and O–H groups in total. The Morgan fingerprint density at radius 1 is 1.25 bits per heavy atom. The van der Waals surface area contributed by atoms with Crippen LogP contribution in [0.25, 0.3) is 0 Å². The molecule has 0 heterocycles. The normalized spacial score (nSPS) is 27.5. The first-order chi connectivity index (χ1) is 9.73. The van der Waals surface area contributed by atoms with Gasteiger partial charge in [-0.25, -0.2) is 0 Å². The number of carbonyl (C=O) groups is 1. The van der Waals surface area contributed by atoms with E-state index < -0.39 is 0 Å². The lowest BCUT2D eigenvalue weighted by atomic mass is 9.60. The second-order valence-corrected chi connectivity index (χ2v) is 6.04. The van der Waals surface area contributed by atoms with Crippen LogP contribution in [0.2, 0.25) is 0 Å². The predicted octanol–water partition coefficient (Wildman–Crippen LogP) is 2.66. The first-order valence-corrected chi connectivity index (χ1v) is 8.23. The summed E-state index contributed by atoms with van der Waals surface area (Å²) in [5, 5.41) is 3.65. The molecule has 2 aliphatic rings. The Morgan fingerprint density at radius 3 is 2.65 bits per heavy atom. The summed E-state index contributed by atoms with van der Waals surface area (Å²) in [7, 11) is 0. The van der Waals surface area contributed by atoms with E-state index in [0.717, 1.165) is 26.0 Å². The van der Waals surface area contributed by atoms with E-state index in [4.69, 9.17) is 9.47 Å². The van der Waals surface area contributed by atoms with E-state index in [-0.39, 0.29) is 5.97 Å². The maximum Gasteiger partial charge on any atom is 0.305 e. The highest BCUT2D eigenvalue weighted by Crippen LogP contribution is 2.54. The van der Waals surface area contributed by atoms with Crippen LogP contribution in [0, 0.1) is 5.41 Å². The molecule has 116 valence electrons. The maximum absolute atomic E-state index is 11.3. The third-order valence-electron chi connectivity index (χ3n) is 4.94. The van der Waals surface area contributed by atoms with E-state index in [0.29, 0.717) is 30.6 Å². The number of hydrogen-bond acceptors (Lipinski definition) is 4. The van der Waals surface area contributed by atoms with E-state index in [1.165, 1.54) is 25.7 Å². The Morgan fingerprint density at radius 2 is 2.00 bits per heavy atom. The highest BCUT2D eigenvalue weighted by atomic mass is 16.5. The van der Waals surface area contributed by atoms with Gasteiger partial charge in [-0.3, -0.25) is 4.79 Å². The fraction of sp³-hybridized carbons (Fsp3) is 0.938.